The van der Waals surface area contributed by atoms with Gasteiger partial charge in [-0.05, 0) is 19.3 Å². The van der Waals surface area contributed by atoms with E-state index < -0.39 is 0 Å². The van der Waals surface area contributed by atoms with Crippen LogP contribution < -0.4 is 0 Å². The van der Waals surface area contributed by atoms with Crippen LogP contribution in [0.5, 0.6) is 0 Å². The van der Waals surface area contributed by atoms with Gasteiger partial charge < -0.3 is 4.79 Å². The van der Waals surface area contributed by atoms with Gasteiger partial charge in [-0.15, -0.1) is 0 Å². The van der Waals surface area contributed by atoms with Crippen LogP contribution in [0.2, 0.25) is 0 Å². The molecule has 0 amide bonds. The summed E-state index contributed by atoms with van der Waals surface area (Å²) in [6.07, 6.45) is 8.86. The summed E-state index contributed by atoms with van der Waals surface area (Å²) in [5.74, 6) is 1.41. The Morgan fingerprint density at radius 1 is 1.27 bits per heavy atom. The number of unbranched alkanes of at least 4 members (excludes halogenated alkanes) is 2. The Morgan fingerprint density at radius 2 is 2.00 bits per heavy atom. The number of rotatable bonds is 6. The Balaban J connectivity index is 1.76. The molecule has 0 N–H and O–H groups in total. The first kappa shape index (κ1) is 8.76. The lowest BCUT2D eigenvalue weighted by molar-refractivity contribution is -0.117. The van der Waals surface area contributed by atoms with Gasteiger partial charge in [-0.1, -0.05) is 32.1 Å². The molecule has 1 rings (SSSR count). The molecule has 0 unspecified atom stereocenters. The molecule has 0 radical (unpaired) electrons. The summed E-state index contributed by atoms with van der Waals surface area (Å²) in [6.45, 7) is 1.68. The van der Waals surface area contributed by atoms with Crippen molar-refractivity contribution in [3.63, 3.8) is 0 Å². The van der Waals surface area contributed by atoms with Crippen LogP contribution >= 0.6 is 0 Å². The lowest BCUT2D eigenvalue weighted by atomic mass is 10.1. The zero-order valence-corrected chi connectivity index (χ0v) is 7.44. The molecule has 1 heteroatoms. The highest BCUT2D eigenvalue weighted by molar-refractivity contribution is 5.75. The molecule has 1 nitrogen and oxygen atoms in total. The minimum atomic E-state index is 0.344. The molecule has 0 atom stereocenters. The van der Waals surface area contributed by atoms with Gasteiger partial charge in [0.1, 0.15) is 5.78 Å². The molecule has 1 saturated carbocycles. The summed E-state index contributed by atoms with van der Waals surface area (Å²) in [6, 6.07) is 0. The maximum absolute atomic E-state index is 10.6. The van der Waals surface area contributed by atoms with E-state index in [-0.39, 0.29) is 0 Å². The van der Waals surface area contributed by atoms with Crippen LogP contribution in [0, 0.1) is 5.92 Å². The number of Topliss-reactive ketones (excluding diaryl/α,β-unsaturated/α-hetero) is 1. The van der Waals surface area contributed by atoms with Crippen LogP contribution in [0.4, 0.5) is 0 Å². The number of hydrogen-bond acceptors (Lipinski definition) is 1. The first-order valence-electron chi connectivity index (χ1n) is 4.78. The zero-order valence-electron chi connectivity index (χ0n) is 7.44. The van der Waals surface area contributed by atoms with Crippen LogP contribution in [-0.2, 0) is 4.79 Å². The monoisotopic (exact) mass is 154 g/mol. The van der Waals surface area contributed by atoms with Gasteiger partial charge in [-0.25, -0.2) is 0 Å². The minimum Gasteiger partial charge on any atom is -0.300 e. The van der Waals surface area contributed by atoms with E-state index in [9.17, 15) is 4.79 Å². The molecule has 1 fully saturated rings. The predicted molar refractivity (Wildman–Crippen MR) is 46.5 cm³/mol. The highest BCUT2D eigenvalue weighted by atomic mass is 16.1. The average Bonchev–Trinajstić information content (AvgIpc) is 2.70. The third kappa shape index (κ3) is 5.00. The molecule has 1 aliphatic rings. The third-order valence-corrected chi connectivity index (χ3v) is 2.34. The van der Waals surface area contributed by atoms with Gasteiger partial charge in [-0.2, -0.15) is 0 Å². The number of ketones is 1. The minimum absolute atomic E-state index is 0.344. The van der Waals surface area contributed by atoms with Crippen molar-refractivity contribution in [2.45, 2.75) is 51.9 Å². The molecule has 0 spiro atoms. The van der Waals surface area contributed by atoms with Crippen LogP contribution in [0.15, 0.2) is 0 Å². The molecule has 0 aromatic carbocycles. The van der Waals surface area contributed by atoms with E-state index in [0.717, 1.165) is 18.8 Å². The lowest BCUT2D eigenvalue weighted by Gasteiger charge is -1.97. The van der Waals surface area contributed by atoms with Gasteiger partial charge >= 0.3 is 0 Å². The van der Waals surface area contributed by atoms with Crippen LogP contribution in [0.25, 0.3) is 0 Å². The van der Waals surface area contributed by atoms with Crippen molar-refractivity contribution in [3.05, 3.63) is 0 Å². The molecule has 0 bridgehead atoms. The summed E-state index contributed by atoms with van der Waals surface area (Å²) in [5.41, 5.74) is 0. The van der Waals surface area contributed by atoms with Crippen LogP contribution in [0.3, 0.4) is 0 Å². The first-order valence-corrected chi connectivity index (χ1v) is 4.78. The van der Waals surface area contributed by atoms with Crippen LogP contribution in [-0.4, -0.2) is 5.78 Å². The molecular formula is C10H18O. The van der Waals surface area contributed by atoms with E-state index in [0.29, 0.717) is 5.78 Å². The van der Waals surface area contributed by atoms with E-state index in [1.54, 1.807) is 6.92 Å². The largest absolute Gasteiger partial charge is 0.300 e. The van der Waals surface area contributed by atoms with Crippen molar-refractivity contribution in [2.75, 3.05) is 0 Å². The van der Waals surface area contributed by atoms with Crippen molar-refractivity contribution in [1.82, 2.24) is 0 Å². The molecule has 1 aliphatic carbocycles. The van der Waals surface area contributed by atoms with Crippen LogP contribution in [0.1, 0.15) is 51.9 Å². The van der Waals surface area contributed by atoms with Gasteiger partial charge in [0.25, 0.3) is 0 Å². The summed E-state index contributed by atoms with van der Waals surface area (Å²) >= 11 is 0. The van der Waals surface area contributed by atoms with Gasteiger partial charge in [0.15, 0.2) is 0 Å². The molecule has 0 aromatic heterocycles. The Kier molecular flexibility index (Phi) is 3.61. The second-order valence-corrected chi connectivity index (χ2v) is 3.74. The highest BCUT2D eigenvalue weighted by Crippen LogP contribution is 2.34. The fourth-order valence-corrected chi connectivity index (χ4v) is 1.39. The Bertz CT molecular complexity index is 125. The molecule has 0 heterocycles. The number of carbonyl (C=O) groups excluding carboxylic acids is 1. The smallest absolute Gasteiger partial charge is 0.129 e. The first-order chi connectivity index (χ1) is 5.29. The average molecular weight is 154 g/mol. The van der Waals surface area contributed by atoms with Gasteiger partial charge in [-0.3, -0.25) is 0 Å². The van der Waals surface area contributed by atoms with Gasteiger partial charge in [0.05, 0.1) is 0 Å². The SMILES string of the molecule is CC(=O)CCCCCC1CC1. The predicted octanol–water partition coefficient (Wildman–Crippen LogP) is 2.94. The molecule has 0 aliphatic heterocycles. The van der Waals surface area contributed by atoms with Crippen molar-refractivity contribution < 1.29 is 4.79 Å². The van der Waals surface area contributed by atoms with E-state index >= 15 is 0 Å². The zero-order chi connectivity index (χ0) is 8.10. The Morgan fingerprint density at radius 3 is 2.55 bits per heavy atom. The summed E-state index contributed by atoms with van der Waals surface area (Å²) in [4.78, 5) is 10.6. The molecular weight excluding hydrogens is 136 g/mol. The molecule has 11 heavy (non-hydrogen) atoms. The number of carbonyl (C=O) groups is 1. The molecule has 64 valence electrons. The molecule has 0 saturated heterocycles. The second kappa shape index (κ2) is 4.53. The maximum Gasteiger partial charge on any atom is 0.129 e. The number of hydrogen-bond donors (Lipinski definition) is 0. The quantitative estimate of drug-likeness (QED) is 0.537. The normalized spacial score (nSPS) is 16.8. The van der Waals surface area contributed by atoms with E-state index in [1.165, 1.54) is 32.1 Å². The fraction of sp³-hybridized carbons (Fsp3) is 0.900. The van der Waals surface area contributed by atoms with Crippen molar-refractivity contribution >= 4 is 5.78 Å². The van der Waals surface area contributed by atoms with E-state index in [1.807, 2.05) is 0 Å². The van der Waals surface area contributed by atoms with Gasteiger partial charge in [0.2, 0.25) is 0 Å². The van der Waals surface area contributed by atoms with E-state index in [4.69, 9.17) is 0 Å². The summed E-state index contributed by atoms with van der Waals surface area (Å²) in [7, 11) is 0. The van der Waals surface area contributed by atoms with E-state index in [2.05, 4.69) is 0 Å². The highest BCUT2D eigenvalue weighted by Gasteiger charge is 2.19. The second-order valence-electron chi connectivity index (χ2n) is 3.74. The topological polar surface area (TPSA) is 17.1 Å². The maximum atomic E-state index is 10.6. The Hall–Kier alpha value is -0.330. The van der Waals surface area contributed by atoms with Crippen molar-refractivity contribution in [2.24, 2.45) is 5.92 Å². The van der Waals surface area contributed by atoms with Gasteiger partial charge in [0, 0.05) is 6.42 Å². The summed E-state index contributed by atoms with van der Waals surface area (Å²) in [5, 5.41) is 0. The van der Waals surface area contributed by atoms with Crippen molar-refractivity contribution in [3.8, 4) is 0 Å². The van der Waals surface area contributed by atoms with Crippen molar-refractivity contribution in [1.29, 1.82) is 0 Å². The summed E-state index contributed by atoms with van der Waals surface area (Å²) < 4.78 is 0. The molecule has 0 aromatic rings. The third-order valence-electron chi connectivity index (χ3n) is 2.34. The fourth-order valence-electron chi connectivity index (χ4n) is 1.39. The standard InChI is InChI=1S/C10H18O/c1-9(11)5-3-2-4-6-10-7-8-10/h10H,2-8H2,1H3. The lowest BCUT2D eigenvalue weighted by Crippen LogP contribution is -1.89. The Labute approximate surface area is 69.2 Å².